The summed E-state index contributed by atoms with van der Waals surface area (Å²) in [6, 6.07) is 0. The molecular formula is C18H28O5. The Labute approximate surface area is 138 Å². The second kappa shape index (κ2) is 8.14. The molecule has 0 amide bonds. The molecule has 0 radical (unpaired) electrons. The van der Waals surface area contributed by atoms with Gasteiger partial charge in [0.25, 0.3) is 0 Å². The Bertz CT molecular complexity index is 464. The van der Waals surface area contributed by atoms with Crippen molar-refractivity contribution in [3.63, 3.8) is 0 Å². The van der Waals surface area contributed by atoms with Gasteiger partial charge in [-0.1, -0.05) is 25.7 Å². The Morgan fingerprint density at radius 3 is 2.70 bits per heavy atom. The number of carboxylic acid groups (broad SMARTS) is 1. The van der Waals surface area contributed by atoms with E-state index in [0.717, 1.165) is 25.7 Å². The zero-order valence-electron chi connectivity index (χ0n) is 13.9. The van der Waals surface area contributed by atoms with E-state index in [1.54, 1.807) is 0 Å². The van der Waals surface area contributed by atoms with Crippen molar-refractivity contribution in [1.82, 2.24) is 0 Å². The van der Waals surface area contributed by atoms with Crippen molar-refractivity contribution in [2.24, 2.45) is 29.6 Å². The molecule has 2 rings (SSSR count). The molecular weight excluding hydrogens is 296 g/mol. The monoisotopic (exact) mass is 324 g/mol. The van der Waals surface area contributed by atoms with E-state index in [2.05, 4.69) is 11.8 Å². The Balaban J connectivity index is 1.84. The number of rotatable bonds is 6. The third-order valence-corrected chi connectivity index (χ3v) is 5.19. The number of ether oxygens (including phenoxy) is 1. The fourth-order valence-electron chi connectivity index (χ4n) is 3.93. The number of hydrogen-bond donors (Lipinski definition) is 3. The molecule has 0 heterocycles. The van der Waals surface area contributed by atoms with E-state index in [4.69, 9.17) is 9.84 Å². The molecule has 1 unspecified atom stereocenters. The Kier molecular flexibility index (Phi) is 6.46. The van der Waals surface area contributed by atoms with E-state index in [9.17, 15) is 15.0 Å². The van der Waals surface area contributed by atoms with Crippen LogP contribution in [0.25, 0.3) is 0 Å². The molecule has 0 aromatic heterocycles. The highest BCUT2D eigenvalue weighted by atomic mass is 16.5. The van der Waals surface area contributed by atoms with E-state index in [1.165, 1.54) is 0 Å². The molecule has 5 nitrogen and oxygen atoms in total. The molecule has 3 N–H and O–H groups in total. The number of aliphatic carboxylic acids is 1. The topological polar surface area (TPSA) is 87.0 Å². The van der Waals surface area contributed by atoms with Crippen molar-refractivity contribution in [2.45, 2.75) is 51.7 Å². The van der Waals surface area contributed by atoms with Crippen molar-refractivity contribution in [2.75, 3.05) is 13.2 Å². The number of carboxylic acids is 1. The second-order valence-electron chi connectivity index (χ2n) is 7.30. The lowest BCUT2D eigenvalue weighted by atomic mass is 9.90. The summed E-state index contributed by atoms with van der Waals surface area (Å²) < 4.78 is 5.12. The van der Waals surface area contributed by atoms with Gasteiger partial charge in [-0.3, -0.25) is 0 Å². The van der Waals surface area contributed by atoms with Gasteiger partial charge in [0, 0.05) is 12.5 Å². The molecule has 6 atom stereocenters. The van der Waals surface area contributed by atoms with Crippen LogP contribution < -0.4 is 0 Å². The number of aliphatic hydroxyl groups is 2. The van der Waals surface area contributed by atoms with Gasteiger partial charge in [-0.05, 0) is 49.4 Å². The third-order valence-electron chi connectivity index (χ3n) is 5.19. The van der Waals surface area contributed by atoms with Gasteiger partial charge in [0.05, 0.1) is 6.10 Å². The average molecular weight is 324 g/mol. The van der Waals surface area contributed by atoms with Gasteiger partial charge in [-0.15, -0.1) is 0 Å². The molecule has 0 aromatic carbocycles. The molecule has 2 aliphatic carbocycles. The maximum absolute atomic E-state index is 10.4. The van der Waals surface area contributed by atoms with Gasteiger partial charge >= 0.3 is 5.97 Å². The van der Waals surface area contributed by atoms with Gasteiger partial charge in [0.2, 0.25) is 0 Å². The van der Waals surface area contributed by atoms with Crippen LogP contribution in [0.5, 0.6) is 0 Å². The van der Waals surface area contributed by atoms with E-state index in [-0.39, 0.29) is 24.5 Å². The summed E-state index contributed by atoms with van der Waals surface area (Å²) in [5, 5.41) is 28.6. The van der Waals surface area contributed by atoms with E-state index >= 15 is 0 Å². The molecule has 0 saturated heterocycles. The number of fused-ring (bicyclic) bond motifs is 1. The van der Waals surface area contributed by atoms with Crippen LogP contribution in [0.15, 0.2) is 0 Å². The van der Waals surface area contributed by atoms with Crippen molar-refractivity contribution in [1.29, 1.82) is 0 Å². The molecule has 0 bridgehead atoms. The smallest absolute Gasteiger partial charge is 0.329 e. The van der Waals surface area contributed by atoms with Crippen LogP contribution in [0.2, 0.25) is 0 Å². The van der Waals surface area contributed by atoms with Crippen molar-refractivity contribution < 1.29 is 24.9 Å². The quantitative estimate of drug-likeness (QED) is 0.509. The molecule has 130 valence electrons. The van der Waals surface area contributed by atoms with E-state index < -0.39 is 12.1 Å². The average Bonchev–Trinajstić information content (AvgIpc) is 2.97. The number of hydrogen-bond acceptors (Lipinski definition) is 4. The lowest BCUT2D eigenvalue weighted by molar-refractivity contribution is -0.142. The minimum atomic E-state index is -0.935. The van der Waals surface area contributed by atoms with Crippen molar-refractivity contribution >= 4 is 5.97 Å². The SMILES string of the molecule is CC(C)[C@@H](O)C#C[C@H]1[C@@H]2CC(CCOCC(=O)O)C[C@@H]2C[C@@H]1O. The fraction of sp³-hybridized carbons (Fsp3) is 0.833. The highest BCUT2D eigenvalue weighted by Crippen LogP contribution is 2.50. The summed E-state index contributed by atoms with van der Waals surface area (Å²) in [6.45, 7) is 4.09. The largest absolute Gasteiger partial charge is 0.480 e. The molecule has 0 aliphatic heterocycles. The van der Waals surface area contributed by atoms with Crippen LogP contribution in [0.1, 0.15) is 39.5 Å². The van der Waals surface area contributed by atoms with Crippen LogP contribution in [-0.2, 0) is 9.53 Å². The molecule has 5 heteroatoms. The maximum Gasteiger partial charge on any atom is 0.329 e. The van der Waals surface area contributed by atoms with Crippen LogP contribution in [0.3, 0.4) is 0 Å². The Morgan fingerprint density at radius 2 is 2.04 bits per heavy atom. The standard InChI is InChI=1S/C18H28O5/c1-11(2)16(19)4-3-14-15-8-12(5-6-23-10-18(21)22)7-13(15)9-17(14)20/h11-17,19-20H,5-10H2,1-2H3,(H,21,22)/t12?,13-,14+,15-,16+,17+/m1/s1. The molecule has 2 aliphatic rings. The molecule has 0 aromatic rings. The van der Waals surface area contributed by atoms with Crippen molar-refractivity contribution in [3.05, 3.63) is 0 Å². The highest BCUT2D eigenvalue weighted by molar-refractivity contribution is 5.67. The predicted molar refractivity (Wildman–Crippen MR) is 85.5 cm³/mol. The highest BCUT2D eigenvalue weighted by Gasteiger charge is 2.47. The first-order valence-corrected chi connectivity index (χ1v) is 8.55. The Morgan fingerprint density at radius 1 is 1.30 bits per heavy atom. The lowest BCUT2D eigenvalue weighted by Gasteiger charge is -2.17. The second-order valence-corrected chi connectivity index (χ2v) is 7.30. The van der Waals surface area contributed by atoms with Gasteiger partial charge in [-0.2, -0.15) is 0 Å². The normalized spacial score (nSPS) is 34.0. The minimum absolute atomic E-state index is 0.0432. The third kappa shape index (κ3) is 4.94. The van der Waals surface area contributed by atoms with Crippen LogP contribution >= 0.6 is 0 Å². The fourth-order valence-corrected chi connectivity index (χ4v) is 3.93. The Hall–Kier alpha value is -1.09. The molecule has 2 saturated carbocycles. The first-order valence-electron chi connectivity index (χ1n) is 8.55. The van der Waals surface area contributed by atoms with Gasteiger partial charge in [0.15, 0.2) is 0 Å². The molecule has 0 spiro atoms. The number of carbonyl (C=O) groups is 1. The molecule has 23 heavy (non-hydrogen) atoms. The summed E-state index contributed by atoms with van der Waals surface area (Å²) in [4.78, 5) is 10.4. The summed E-state index contributed by atoms with van der Waals surface area (Å²) in [5.41, 5.74) is 0. The van der Waals surface area contributed by atoms with E-state index in [1.807, 2.05) is 13.8 Å². The molecule has 2 fully saturated rings. The van der Waals surface area contributed by atoms with E-state index in [0.29, 0.717) is 24.4 Å². The van der Waals surface area contributed by atoms with Crippen LogP contribution in [0, 0.1) is 41.4 Å². The maximum atomic E-state index is 10.4. The van der Waals surface area contributed by atoms with Crippen LogP contribution in [0.4, 0.5) is 0 Å². The first kappa shape index (κ1) is 18.3. The summed E-state index contributed by atoms with van der Waals surface area (Å²) >= 11 is 0. The van der Waals surface area contributed by atoms with Gasteiger partial charge in [0.1, 0.15) is 12.7 Å². The van der Waals surface area contributed by atoms with Crippen LogP contribution in [-0.4, -0.2) is 46.7 Å². The summed E-state index contributed by atoms with van der Waals surface area (Å²) in [5.74, 6) is 6.55. The predicted octanol–water partition coefficient (Wildman–Crippen LogP) is 1.52. The van der Waals surface area contributed by atoms with Gasteiger partial charge < -0.3 is 20.1 Å². The van der Waals surface area contributed by atoms with Gasteiger partial charge in [-0.25, -0.2) is 4.79 Å². The summed E-state index contributed by atoms with van der Waals surface area (Å²) in [7, 11) is 0. The first-order chi connectivity index (χ1) is 10.9. The minimum Gasteiger partial charge on any atom is -0.480 e. The summed E-state index contributed by atoms with van der Waals surface area (Å²) in [6.07, 6.45) is 2.70. The zero-order valence-corrected chi connectivity index (χ0v) is 13.9. The lowest BCUT2D eigenvalue weighted by Crippen LogP contribution is -2.20. The zero-order chi connectivity index (χ0) is 17.0. The number of aliphatic hydroxyl groups excluding tert-OH is 2. The van der Waals surface area contributed by atoms with Crippen molar-refractivity contribution in [3.8, 4) is 11.8 Å².